The second-order valence-electron chi connectivity index (χ2n) is 3.90. The second-order valence-corrected chi connectivity index (χ2v) is 4.83. The Morgan fingerprint density at radius 3 is 2.60 bits per heavy atom. The summed E-state index contributed by atoms with van der Waals surface area (Å²) in [5, 5.41) is 0.548. The van der Waals surface area contributed by atoms with Gasteiger partial charge in [-0.2, -0.15) is 0 Å². The molecule has 0 spiro atoms. The molecule has 3 heteroatoms. The lowest BCUT2D eigenvalue weighted by Gasteiger charge is -2.15. The lowest BCUT2D eigenvalue weighted by Crippen LogP contribution is -2.23. The van der Waals surface area contributed by atoms with E-state index in [-0.39, 0.29) is 11.2 Å². The van der Waals surface area contributed by atoms with E-state index in [4.69, 9.17) is 23.2 Å². The predicted molar refractivity (Wildman–Crippen MR) is 62.7 cm³/mol. The minimum atomic E-state index is -0.505. The molecule has 0 saturated heterocycles. The third-order valence-electron chi connectivity index (χ3n) is 3.05. The molecule has 0 bridgehead atoms. The number of ketones is 1. The highest BCUT2D eigenvalue weighted by molar-refractivity contribution is 6.33. The largest absolute Gasteiger partial charge is 0.299 e. The van der Waals surface area contributed by atoms with Gasteiger partial charge < -0.3 is 0 Å². The first-order valence-electron chi connectivity index (χ1n) is 5.05. The summed E-state index contributed by atoms with van der Waals surface area (Å²) in [7, 11) is 0. The van der Waals surface area contributed by atoms with Gasteiger partial charge in [-0.15, -0.1) is 11.6 Å². The predicted octanol–water partition coefficient (Wildman–Crippen LogP) is 3.57. The number of hydrogen-bond acceptors (Lipinski definition) is 1. The highest BCUT2D eigenvalue weighted by Gasteiger charge is 2.59. The van der Waals surface area contributed by atoms with Crippen molar-refractivity contribution in [2.75, 3.05) is 0 Å². The van der Waals surface area contributed by atoms with E-state index in [1.54, 1.807) is 0 Å². The summed E-state index contributed by atoms with van der Waals surface area (Å²) in [4.78, 5) is 11.9. The number of benzene rings is 1. The third-order valence-corrected chi connectivity index (χ3v) is 3.91. The van der Waals surface area contributed by atoms with Crippen molar-refractivity contribution in [2.24, 2.45) is 0 Å². The minimum absolute atomic E-state index is 0.0927. The van der Waals surface area contributed by atoms with Crippen molar-refractivity contribution in [3.8, 4) is 0 Å². The summed E-state index contributed by atoms with van der Waals surface area (Å²) in [5.41, 5.74) is 0.382. The molecule has 1 saturated carbocycles. The summed E-state index contributed by atoms with van der Waals surface area (Å²) in [6.07, 6.45) is 1.22. The number of Topliss-reactive ketones (excluding diaryl/α,β-unsaturated/α-hetero) is 1. The van der Waals surface area contributed by atoms with Gasteiger partial charge in [-0.05, 0) is 18.1 Å². The van der Waals surface area contributed by atoms with Gasteiger partial charge in [-0.25, -0.2) is 0 Å². The van der Waals surface area contributed by atoms with Gasteiger partial charge in [0.15, 0.2) is 0 Å². The van der Waals surface area contributed by atoms with E-state index < -0.39 is 5.41 Å². The van der Waals surface area contributed by atoms with Gasteiger partial charge in [0.05, 0.1) is 10.8 Å². The average molecular weight is 243 g/mol. The number of carbonyl (C=O) groups excluding carboxylic acids is 1. The van der Waals surface area contributed by atoms with Crippen LogP contribution in [-0.4, -0.2) is 11.2 Å². The Bertz CT molecular complexity index is 402. The Balaban J connectivity index is 2.45. The van der Waals surface area contributed by atoms with E-state index in [9.17, 15) is 4.79 Å². The molecule has 1 aromatic rings. The fraction of sp³-hybridized carbons (Fsp3) is 0.417. The third kappa shape index (κ3) is 1.58. The first-order chi connectivity index (χ1) is 7.13. The van der Waals surface area contributed by atoms with Crippen molar-refractivity contribution >= 4 is 29.0 Å². The van der Waals surface area contributed by atoms with Crippen LogP contribution in [0.4, 0.5) is 0 Å². The van der Waals surface area contributed by atoms with Gasteiger partial charge in [0.2, 0.25) is 0 Å². The van der Waals surface area contributed by atoms with Crippen LogP contribution in [-0.2, 0) is 10.2 Å². The molecule has 1 aromatic carbocycles. The Kier molecular flexibility index (Phi) is 2.78. The lowest BCUT2D eigenvalue weighted by molar-refractivity contribution is -0.121. The van der Waals surface area contributed by atoms with E-state index >= 15 is 0 Å². The number of hydrogen-bond donors (Lipinski definition) is 0. The quantitative estimate of drug-likeness (QED) is 0.741. The first kappa shape index (κ1) is 11.0. The van der Waals surface area contributed by atoms with Crippen LogP contribution in [0.15, 0.2) is 24.3 Å². The molecule has 0 aromatic heterocycles. The zero-order valence-corrected chi connectivity index (χ0v) is 9.98. The average Bonchev–Trinajstić information content (AvgIpc) is 2.91. The summed E-state index contributed by atoms with van der Waals surface area (Å²) in [6, 6.07) is 7.47. The molecule has 0 heterocycles. The van der Waals surface area contributed by atoms with Gasteiger partial charge in [0.1, 0.15) is 5.78 Å². The number of rotatable bonds is 3. The Labute approximate surface area is 99.4 Å². The molecule has 1 nitrogen and oxygen atoms in total. The first-order valence-corrected chi connectivity index (χ1v) is 5.86. The molecule has 80 valence electrons. The molecule has 1 aliphatic rings. The minimum Gasteiger partial charge on any atom is -0.299 e. The van der Waals surface area contributed by atoms with Crippen LogP contribution in [0.3, 0.4) is 0 Å². The maximum Gasteiger partial charge on any atom is 0.144 e. The van der Waals surface area contributed by atoms with Crippen LogP contribution in [0, 0.1) is 0 Å². The van der Waals surface area contributed by atoms with Gasteiger partial charge in [0.25, 0.3) is 0 Å². The molecular formula is C12H12Cl2O. The van der Waals surface area contributed by atoms with Gasteiger partial charge >= 0.3 is 0 Å². The molecule has 0 radical (unpaired) electrons. The SMILES string of the molecule is CCC(=O)C1(c2ccccc2Cl)CC1Cl. The summed E-state index contributed by atoms with van der Waals surface area (Å²) >= 11 is 12.2. The van der Waals surface area contributed by atoms with Crippen LogP contribution < -0.4 is 0 Å². The Morgan fingerprint density at radius 2 is 2.13 bits per heavy atom. The molecule has 0 N–H and O–H groups in total. The maximum atomic E-state index is 11.9. The van der Waals surface area contributed by atoms with E-state index in [0.717, 1.165) is 5.56 Å². The van der Waals surface area contributed by atoms with Crippen molar-refractivity contribution in [1.29, 1.82) is 0 Å². The molecule has 1 aliphatic carbocycles. The van der Waals surface area contributed by atoms with E-state index in [1.807, 2.05) is 31.2 Å². The van der Waals surface area contributed by atoms with Crippen LogP contribution in [0.5, 0.6) is 0 Å². The standard InChI is InChI=1S/C12H12Cl2O/c1-2-11(15)12(7-10(12)14)8-5-3-4-6-9(8)13/h3-6,10H,2,7H2,1H3. The zero-order valence-electron chi connectivity index (χ0n) is 8.47. The van der Waals surface area contributed by atoms with Crippen molar-refractivity contribution in [1.82, 2.24) is 0 Å². The summed E-state index contributed by atoms with van der Waals surface area (Å²) in [5.74, 6) is 0.190. The lowest BCUT2D eigenvalue weighted by atomic mass is 9.90. The van der Waals surface area contributed by atoms with Crippen LogP contribution in [0.2, 0.25) is 5.02 Å². The summed E-state index contributed by atoms with van der Waals surface area (Å²) in [6.45, 7) is 1.86. The van der Waals surface area contributed by atoms with E-state index in [1.165, 1.54) is 0 Å². The smallest absolute Gasteiger partial charge is 0.144 e. The fourth-order valence-corrected chi connectivity index (χ4v) is 2.87. The van der Waals surface area contributed by atoms with Gasteiger partial charge in [0, 0.05) is 11.4 Å². The highest BCUT2D eigenvalue weighted by Crippen LogP contribution is 2.55. The Morgan fingerprint density at radius 1 is 1.53 bits per heavy atom. The molecule has 0 amide bonds. The summed E-state index contributed by atoms with van der Waals surface area (Å²) < 4.78 is 0. The van der Waals surface area contributed by atoms with Gasteiger partial charge in [-0.1, -0.05) is 36.7 Å². The monoisotopic (exact) mass is 242 g/mol. The second kappa shape index (κ2) is 3.80. The normalized spacial score (nSPS) is 28.9. The van der Waals surface area contributed by atoms with Crippen molar-refractivity contribution in [3.05, 3.63) is 34.9 Å². The Hall–Kier alpha value is -0.530. The van der Waals surface area contributed by atoms with Crippen molar-refractivity contribution in [2.45, 2.75) is 30.6 Å². The number of halogens is 2. The molecular weight excluding hydrogens is 231 g/mol. The van der Waals surface area contributed by atoms with Crippen molar-refractivity contribution in [3.63, 3.8) is 0 Å². The number of carbonyl (C=O) groups is 1. The van der Waals surface area contributed by atoms with Crippen LogP contribution in [0.1, 0.15) is 25.3 Å². The van der Waals surface area contributed by atoms with Crippen molar-refractivity contribution < 1.29 is 4.79 Å². The number of alkyl halides is 1. The van der Waals surface area contributed by atoms with E-state index in [0.29, 0.717) is 17.9 Å². The fourth-order valence-electron chi connectivity index (χ4n) is 2.08. The molecule has 0 aliphatic heterocycles. The molecule has 1 fully saturated rings. The maximum absolute atomic E-state index is 11.9. The van der Waals surface area contributed by atoms with Crippen LogP contribution >= 0.6 is 23.2 Å². The zero-order chi connectivity index (χ0) is 11.1. The van der Waals surface area contributed by atoms with Gasteiger partial charge in [-0.3, -0.25) is 4.79 Å². The molecule has 2 unspecified atom stereocenters. The topological polar surface area (TPSA) is 17.1 Å². The molecule has 2 rings (SSSR count). The highest BCUT2D eigenvalue weighted by atomic mass is 35.5. The molecule has 15 heavy (non-hydrogen) atoms. The molecule has 2 atom stereocenters. The van der Waals surface area contributed by atoms with E-state index in [2.05, 4.69) is 0 Å². The van der Waals surface area contributed by atoms with Crippen LogP contribution in [0.25, 0.3) is 0 Å².